The van der Waals surface area contributed by atoms with Gasteiger partial charge in [0.1, 0.15) is 5.75 Å². The van der Waals surface area contributed by atoms with Crippen LogP contribution in [0.4, 0.5) is 27.6 Å². The fourth-order valence-corrected chi connectivity index (χ4v) is 4.29. The van der Waals surface area contributed by atoms with Gasteiger partial charge < -0.3 is 10.4 Å². The highest BCUT2D eigenvalue weighted by Crippen LogP contribution is 2.51. The number of phenolic OH excluding ortho intramolecular Hbond substituents is 1. The number of amides is 1. The molecule has 9 heteroatoms. The number of likely N-dealkylation sites (tertiary alicyclic amines) is 1. The van der Waals surface area contributed by atoms with Gasteiger partial charge in [-0.05, 0) is 30.2 Å². The van der Waals surface area contributed by atoms with Crippen LogP contribution in [0.15, 0.2) is 42.5 Å². The molecule has 4 nitrogen and oxygen atoms in total. The van der Waals surface area contributed by atoms with Gasteiger partial charge in [-0.25, -0.2) is 8.78 Å². The van der Waals surface area contributed by atoms with Crippen LogP contribution < -0.4 is 5.32 Å². The molecule has 2 aromatic rings. The number of piperidine rings is 1. The van der Waals surface area contributed by atoms with Gasteiger partial charge in [0.15, 0.2) is 5.54 Å². The zero-order chi connectivity index (χ0) is 21.0. The number of halogens is 5. The monoisotopic (exact) mass is 412 g/mol. The first-order chi connectivity index (χ1) is 13.6. The summed E-state index contributed by atoms with van der Waals surface area (Å²) in [6.45, 7) is -0.656. The molecule has 29 heavy (non-hydrogen) atoms. The third-order valence-corrected chi connectivity index (χ3v) is 5.48. The molecule has 0 aliphatic carbocycles. The van der Waals surface area contributed by atoms with Gasteiger partial charge in [-0.2, -0.15) is 13.2 Å². The fourth-order valence-electron chi connectivity index (χ4n) is 4.29. The quantitative estimate of drug-likeness (QED) is 0.722. The van der Waals surface area contributed by atoms with Crippen molar-refractivity contribution in [2.24, 2.45) is 0 Å². The van der Waals surface area contributed by atoms with E-state index in [9.17, 15) is 31.9 Å². The predicted octanol–water partition coefficient (Wildman–Crippen LogP) is 4.34. The molecule has 0 spiro atoms. The third kappa shape index (κ3) is 3.04. The van der Waals surface area contributed by atoms with Crippen molar-refractivity contribution in [2.75, 3.05) is 18.4 Å². The first kappa shape index (κ1) is 19.6. The van der Waals surface area contributed by atoms with Crippen LogP contribution in [0.3, 0.4) is 0 Å². The van der Waals surface area contributed by atoms with Crippen LogP contribution in [-0.4, -0.2) is 34.9 Å². The summed E-state index contributed by atoms with van der Waals surface area (Å²) in [5.74, 6) is -4.02. The van der Waals surface area contributed by atoms with Crippen molar-refractivity contribution in [2.45, 2.75) is 30.5 Å². The summed E-state index contributed by atoms with van der Waals surface area (Å²) in [4.78, 5) is 14.4. The normalized spacial score (nSPS) is 24.2. The lowest BCUT2D eigenvalue weighted by Crippen LogP contribution is -2.57. The molecular formula is C20H17F5N2O2. The number of para-hydroxylation sites is 1. The van der Waals surface area contributed by atoms with E-state index in [1.165, 1.54) is 41.3 Å². The molecule has 2 heterocycles. The summed E-state index contributed by atoms with van der Waals surface area (Å²) >= 11 is 0. The molecule has 1 saturated heterocycles. The van der Waals surface area contributed by atoms with Gasteiger partial charge in [-0.15, -0.1) is 0 Å². The molecule has 2 N–H and O–H groups in total. The molecule has 154 valence electrons. The van der Waals surface area contributed by atoms with Crippen molar-refractivity contribution in [3.63, 3.8) is 0 Å². The number of carbonyl (C=O) groups excluding carboxylic acids is 1. The Labute approximate surface area is 162 Å². The Hall–Kier alpha value is -2.68. The largest absolute Gasteiger partial charge is 0.508 e. The summed E-state index contributed by atoms with van der Waals surface area (Å²) < 4.78 is 69.0. The lowest BCUT2D eigenvalue weighted by Gasteiger charge is -2.44. The molecule has 0 bridgehead atoms. The van der Waals surface area contributed by atoms with E-state index in [4.69, 9.17) is 0 Å². The lowest BCUT2D eigenvalue weighted by atomic mass is 9.80. The number of phenols is 1. The first-order valence-corrected chi connectivity index (χ1v) is 9.00. The highest BCUT2D eigenvalue weighted by atomic mass is 19.4. The topological polar surface area (TPSA) is 52.6 Å². The minimum atomic E-state index is -4.73. The zero-order valence-corrected chi connectivity index (χ0v) is 15.1. The van der Waals surface area contributed by atoms with Gasteiger partial charge >= 0.3 is 6.18 Å². The Morgan fingerprint density at radius 3 is 2.38 bits per heavy atom. The van der Waals surface area contributed by atoms with E-state index in [-0.39, 0.29) is 36.3 Å². The number of hydrogen-bond donors (Lipinski definition) is 2. The second kappa shape index (κ2) is 6.41. The van der Waals surface area contributed by atoms with Crippen molar-refractivity contribution < 1.29 is 31.9 Å². The molecule has 2 aliphatic heterocycles. The Balaban J connectivity index is 1.98. The standard InChI is InChI=1S/C20H17F5N2O2/c21-18(22)9-2-10-27(11-18)19(12-5-7-13(28)8-6-12)14-3-1-4-15(20(23,24)25)16(14)26-17(19)29/h1,3-8,28H,2,9-11H2,(H,26,29). The van der Waals surface area contributed by atoms with Crippen molar-refractivity contribution in [3.05, 3.63) is 59.2 Å². The Morgan fingerprint density at radius 1 is 1.07 bits per heavy atom. The Kier molecular flexibility index (Phi) is 4.34. The summed E-state index contributed by atoms with van der Waals surface area (Å²) in [6.07, 6.45) is -4.99. The van der Waals surface area contributed by atoms with Gasteiger partial charge in [-0.1, -0.05) is 24.3 Å². The number of fused-ring (bicyclic) bond motifs is 1. The predicted molar refractivity (Wildman–Crippen MR) is 94.7 cm³/mol. The second-order valence-corrected chi connectivity index (χ2v) is 7.32. The van der Waals surface area contributed by atoms with Crippen LogP contribution in [-0.2, 0) is 16.5 Å². The molecule has 2 aromatic carbocycles. The molecular weight excluding hydrogens is 395 g/mol. The second-order valence-electron chi connectivity index (χ2n) is 7.32. The minimum absolute atomic E-state index is 0.0271. The van der Waals surface area contributed by atoms with Crippen LogP contribution in [0, 0.1) is 0 Å². The Morgan fingerprint density at radius 2 is 1.76 bits per heavy atom. The van der Waals surface area contributed by atoms with Gasteiger partial charge in [0.2, 0.25) is 0 Å². The van der Waals surface area contributed by atoms with Gasteiger partial charge in [0, 0.05) is 18.5 Å². The average Bonchev–Trinajstić information content (AvgIpc) is 2.93. The number of rotatable bonds is 2. The first-order valence-electron chi connectivity index (χ1n) is 9.00. The molecule has 0 aromatic heterocycles. The summed E-state index contributed by atoms with van der Waals surface area (Å²) in [5.41, 5.74) is -3.13. The van der Waals surface area contributed by atoms with E-state index in [0.29, 0.717) is 0 Å². The third-order valence-electron chi connectivity index (χ3n) is 5.48. The molecule has 1 amide bonds. The lowest BCUT2D eigenvalue weighted by molar-refractivity contribution is -0.137. The number of aromatic hydroxyl groups is 1. The van der Waals surface area contributed by atoms with Gasteiger partial charge in [0.25, 0.3) is 11.8 Å². The average molecular weight is 412 g/mol. The molecule has 1 atom stereocenters. The number of anilines is 1. The molecule has 1 unspecified atom stereocenters. The smallest absolute Gasteiger partial charge is 0.418 e. The van der Waals surface area contributed by atoms with Gasteiger partial charge in [0.05, 0.1) is 17.8 Å². The molecule has 0 radical (unpaired) electrons. The number of nitrogens with one attached hydrogen (secondary N) is 1. The summed E-state index contributed by atoms with van der Waals surface area (Å²) in [6, 6.07) is 8.66. The van der Waals surface area contributed by atoms with Crippen molar-refractivity contribution in [1.29, 1.82) is 0 Å². The van der Waals surface area contributed by atoms with Crippen molar-refractivity contribution in [3.8, 4) is 5.75 Å². The Bertz CT molecular complexity index is 958. The highest BCUT2D eigenvalue weighted by Gasteiger charge is 2.57. The molecule has 2 aliphatic rings. The van der Waals surface area contributed by atoms with Crippen molar-refractivity contribution >= 4 is 11.6 Å². The van der Waals surface area contributed by atoms with Crippen LogP contribution in [0.2, 0.25) is 0 Å². The van der Waals surface area contributed by atoms with E-state index < -0.39 is 41.3 Å². The van der Waals surface area contributed by atoms with Crippen LogP contribution >= 0.6 is 0 Å². The van der Waals surface area contributed by atoms with Crippen LogP contribution in [0.25, 0.3) is 0 Å². The van der Waals surface area contributed by atoms with E-state index in [0.717, 1.165) is 6.07 Å². The van der Waals surface area contributed by atoms with E-state index >= 15 is 0 Å². The van der Waals surface area contributed by atoms with E-state index in [1.807, 2.05) is 0 Å². The van der Waals surface area contributed by atoms with E-state index in [2.05, 4.69) is 5.32 Å². The maximum Gasteiger partial charge on any atom is 0.418 e. The zero-order valence-electron chi connectivity index (χ0n) is 15.1. The van der Waals surface area contributed by atoms with Crippen LogP contribution in [0.5, 0.6) is 5.75 Å². The van der Waals surface area contributed by atoms with Crippen LogP contribution in [0.1, 0.15) is 29.5 Å². The summed E-state index contributed by atoms with van der Waals surface area (Å²) in [7, 11) is 0. The van der Waals surface area contributed by atoms with Gasteiger partial charge in [-0.3, -0.25) is 9.69 Å². The fraction of sp³-hybridized carbons (Fsp3) is 0.350. The van der Waals surface area contributed by atoms with E-state index in [1.54, 1.807) is 0 Å². The maximum atomic E-state index is 14.2. The summed E-state index contributed by atoms with van der Waals surface area (Å²) in [5, 5.41) is 11.9. The SMILES string of the molecule is O=C1Nc2c(C(F)(F)F)cccc2C1(c1ccc(O)cc1)N1CCCC(F)(F)C1. The highest BCUT2D eigenvalue weighted by molar-refractivity contribution is 6.09. The minimum Gasteiger partial charge on any atom is -0.508 e. The molecule has 0 saturated carbocycles. The number of nitrogens with zero attached hydrogens (tertiary/aromatic N) is 1. The number of benzene rings is 2. The molecule has 4 rings (SSSR count). The number of hydrogen-bond acceptors (Lipinski definition) is 3. The maximum absolute atomic E-state index is 14.2. The molecule has 1 fully saturated rings. The number of carbonyl (C=O) groups is 1. The van der Waals surface area contributed by atoms with Crippen molar-refractivity contribution in [1.82, 2.24) is 4.90 Å². The number of alkyl halides is 5.